The van der Waals surface area contributed by atoms with Gasteiger partial charge in [0.15, 0.2) is 5.16 Å². The van der Waals surface area contributed by atoms with Gasteiger partial charge in [0, 0.05) is 18.5 Å². The second kappa shape index (κ2) is 4.61. The molecule has 12 heavy (non-hydrogen) atoms. The number of nitrogens with one attached hydrogen (secondary N) is 1. The van der Waals surface area contributed by atoms with E-state index >= 15 is 0 Å². The van der Waals surface area contributed by atoms with Crippen LogP contribution in [0.5, 0.6) is 0 Å². The van der Waals surface area contributed by atoms with Crippen LogP contribution < -0.4 is 0 Å². The molecular weight excluding hydrogens is 176 g/mol. The Morgan fingerprint density at radius 1 is 1.83 bits per heavy atom. The highest BCUT2D eigenvalue weighted by Gasteiger charge is 1.92. The molecular formula is C7H8N2O2S. The summed E-state index contributed by atoms with van der Waals surface area (Å²) in [5.74, 6) is -0.367. The van der Waals surface area contributed by atoms with Gasteiger partial charge in [0.2, 0.25) is 0 Å². The molecule has 0 bridgehead atoms. The first-order chi connectivity index (χ1) is 5.83. The lowest BCUT2D eigenvalue weighted by molar-refractivity contribution is -0.134. The quantitative estimate of drug-likeness (QED) is 0.435. The molecule has 0 saturated carbocycles. The number of hydrogen-bond donors (Lipinski definition) is 1. The van der Waals surface area contributed by atoms with E-state index in [1.165, 1.54) is 24.9 Å². The van der Waals surface area contributed by atoms with Crippen molar-refractivity contribution in [3.05, 3.63) is 23.9 Å². The second-order valence-corrected chi connectivity index (χ2v) is 2.73. The third-order valence-corrected chi connectivity index (χ3v) is 1.78. The lowest BCUT2D eigenvalue weighted by atomic mass is 10.7. The van der Waals surface area contributed by atoms with Gasteiger partial charge in [0.1, 0.15) is 0 Å². The van der Waals surface area contributed by atoms with Crippen molar-refractivity contribution in [2.24, 2.45) is 0 Å². The fourth-order valence-corrected chi connectivity index (χ4v) is 1.10. The summed E-state index contributed by atoms with van der Waals surface area (Å²) < 4.78 is 4.40. The van der Waals surface area contributed by atoms with Crippen LogP contribution in [0.15, 0.2) is 29.0 Å². The zero-order valence-corrected chi connectivity index (χ0v) is 7.30. The number of rotatable bonds is 3. The van der Waals surface area contributed by atoms with Gasteiger partial charge in [-0.05, 0) is 5.41 Å². The summed E-state index contributed by atoms with van der Waals surface area (Å²) >= 11 is 1.32. The minimum absolute atomic E-state index is 0.367. The maximum Gasteiger partial charge on any atom is 0.330 e. The Bertz CT molecular complexity index is 269. The fourth-order valence-electron chi connectivity index (χ4n) is 0.537. The van der Waals surface area contributed by atoms with Crippen LogP contribution in [-0.4, -0.2) is 23.0 Å². The van der Waals surface area contributed by atoms with Gasteiger partial charge in [0.25, 0.3) is 0 Å². The number of H-pyrrole nitrogens is 1. The number of imidazole rings is 1. The highest BCUT2D eigenvalue weighted by molar-refractivity contribution is 8.02. The number of aromatic nitrogens is 2. The molecule has 1 heterocycles. The lowest BCUT2D eigenvalue weighted by Crippen LogP contribution is -1.92. The number of nitrogens with zero attached hydrogens (tertiary/aromatic N) is 1. The van der Waals surface area contributed by atoms with E-state index in [1.54, 1.807) is 17.8 Å². The molecule has 0 aliphatic carbocycles. The number of thioether (sulfide) groups is 1. The Balaban J connectivity index is 2.35. The average Bonchev–Trinajstić information content (AvgIpc) is 2.57. The predicted molar refractivity (Wildman–Crippen MR) is 45.6 cm³/mol. The molecule has 0 unspecified atom stereocenters. The molecule has 1 N–H and O–H groups in total. The van der Waals surface area contributed by atoms with E-state index < -0.39 is 0 Å². The number of ether oxygens (including phenoxy) is 1. The predicted octanol–water partition coefficient (Wildman–Crippen LogP) is 1.19. The van der Waals surface area contributed by atoms with Gasteiger partial charge in [-0.15, -0.1) is 0 Å². The molecule has 0 amide bonds. The monoisotopic (exact) mass is 184 g/mol. The zero-order chi connectivity index (χ0) is 8.81. The molecule has 5 heteroatoms. The van der Waals surface area contributed by atoms with Gasteiger partial charge >= 0.3 is 5.97 Å². The smallest absolute Gasteiger partial charge is 0.330 e. The second-order valence-electron chi connectivity index (χ2n) is 1.84. The molecule has 64 valence electrons. The Kier molecular flexibility index (Phi) is 3.40. The first-order valence-corrected chi connectivity index (χ1v) is 4.11. The van der Waals surface area contributed by atoms with Crippen LogP contribution in [0.3, 0.4) is 0 Å². The Morgan fingerprint density at radius 2 is 2.67 bits per heavy atom. The van der Waals surface area contributed by atoms with Crippen molar-refractivity contribution in [3.63, 3.8) is 0 Å². The van der Waals surface area contributed by atoms with Crippen molar-refractivity contribution in [3.8, 4) is 0 Å². The topological polar surface area (TPSA) is 55.0 Å². The molecule has 0 aliphatic rings. The first kappa shape index (κ1) is 8.86. The van der Waals surface area contributed by atoms with Crippen molar-refractivity contribution < 1.29 is 9.53 Å². The van der Waals surface area contributed by atoms with Gasteiger partial charge in [-0.25, -0.2) is 9.78 Å². The van der Waals surface area contributed by atoms with Crippen LogP contribution in [0.4, 0.5) is 0 Å². The summed E-state index contributed by atoms with van der Waals surface area (Å²) in [7, 11) is 1.34. The van der Waals surface area contributed by atoms with E-state index in [4.69, 9.17) is 0 Å². The van der Waals surface area contributed by atoms with Crippen molar-refractivity contribution >= 4 is 17.7 Å². The lowest BCUT2D eigenvalue weighted by Gasteiger charge is -1.88. The van der Waals surface area contributed by atoms with Crippen LogP contribution >= 0.6 is 11.8 Å². The van der Waals surface area contributed by atoms with E-state index in [1.807, 2.05) is 0 Å². The number of methoxy groups -OCH3 is 1. The first-order valence-electron chi connectivity index (χ1n) is 3.23. The standard InChI is InChI=1S/C7H8N2O2S/c1-11-6(10)2-5-12-7-8-3-4-9-7/h2-5H,1H3,(H,8,9)/b5-2+. The van der Waals surface area contributed by atoms with E-state index in [9.17, 15) is 4.79 Å². The summed E-state index contributed by atoms with van der Waals surface area (Å²) in [6.07, 6.45) is 4.70. The summed E-state index contributed by atoms with van der Waals surface area (Å²) in [5.41, 5.74) is 0. The third-order valence-electron chi connectivity index (χ3n) is 1.06. The van der Waals surface area contributed by atoms with E-state index in [0.717, 1.165) is 5.16 Å². The highest BCUT2D eigenvalue weighted by atomic mass is 32.2. The fraction of sp³-hybridized carbons (Fsp3) is 0.143. The molecule has 0 aliphatic heterocycles. The van der Waals surface area contributed by atoms with Gasteiger partial charge in [-0.3, -0.25) is 0 Å². The summed E-state index contributed by atoms with van der Waals surface area (Å²) in [6, 6.07) is 0. The van der Waals surface area contributed by atoms with E-state index in [2.05, 4.69) is 14.7 Å². The van der Waals surface area contributed by atoms with E-state index in [0.29, 0.717) is 0 Å². The van der Waals surface area contributed by atoms with Crippen molar-refractivity contribution in [1.29, 1.82) is 0 Å². The molecule has 0 radical (unpaired) electrons. The van der Waals surface area contributed by atoms with Crippen LogP contribution in [0.25, 0.3) is 0 Å². The number of carbonyl (C=O) groups excluding carboxylic acids is 1. The van der Waals surface area contributed by atoms with Crippen LogP contribution in [-0.2, 0) is 9.53 Å². The van der Waals surface area contributed by atoms with E-state index in [-0.39, 0.29) is 5.97 Å². The molecule has 0 atom stereocenters. The molecule has 0 fully saturated rings. The molecule has 4 nitrogen and oxygen atoms in total. The Hall–Kier alpha value is -1.23. The maximum atomic E-state index is 10.6. The van der Waals surface area contributed by atoms with Crippen LogP contribution in [0, 0.1) is 0 Å². The SMILES string of the molecule is COC(=O)/C=C/Sc1ncc[nH]1. The summed E-state index contributed by atoms with van der Waals surface area (Å²) in [4.78, 5) is 17.4. The molecule has 0 saturated heterocycles. The summed E-state index contributed by atoms with van der Waals surface area (Å²) in [5, 5.41) is 2.36. The Labute approximate surface area is 74.0 Å². The number of hydrogen-bond acceptors (Lipinski definition) is 4. The van der Waals surface area contributed by atoms with Crippen LogP contribution in [0.1, 0.15) is 0 Å². The summed E-state index contributed by atoms with van der Waals surface area (Å²) in [6.45, 7) is 0. The number of esters is 1. The largest absolute Gasteiger partial charge is 0.466 e. The van der Waals surface area contributed by atoms with Crippen LogP contribution in [0.2, 0.25) is 0 Å². The maximum absolute atomic E-state index is 10.6. The number of carbonyl (C=O) groups is 1. The Morgan fingerprint density at radius 3 is 3.25 bits per heavy atom. The normalized spacial score (nSPS) is 10.4. The van der Waals surface area contributed by atoms with Gasteiger partial charge in [-0.2, -0.15) is 0 Å². The number of aromatic amines is 1. The van der Waals surface area contributed by atoms with Crippen molar-refractivity contribution in [2.45, 2.75) is 5.16 Å². The van der Waals surface area contributed by atoms with Crippen molar-refractivity contribution in [2.75, 3.05) is 7.11 Å². The third kappa shape index (κ3) is 2.79. The van der Waals surface area contributed by atoms with Gasteiger partial charge in [0.05, 0.1) is 7.11 Å². The zero-order valence-electron chi connectivity index (χ0n) is 6.48. The highest BCUT2D eigenvalue weighted by Crippen LogP contribution is 2.12. The molecule has 0 spiro atoms. The average molecular weight is 184 g/mol. The molecule has 1 rings (SSSR count). The van der Waals surface area contributed by atoms with Gasteiger partial charge in [-0.1, -0.05) is 11.8 Å². The molecule has 0 aromatic carbocycles. The van der Waals surface area contributed by atoms with Crippen molar-refractivity contribution in [1.82, 2.24) is 9.97 Å². The van der Waals surface area contributed by atoms with Gasteiger partial charge < -0.3 is 9.72 Å². The minimum atomic E-state index is -0.367. The molecule has 1 aromatic heterocycles. The minimum Gasteiger partial charge on any atom is -0.466 e. The molecule has 1 aromatic rings.